The fraction of sp³-hybridized carbons (Fsp3) is 0.438. The van der Waals surface area contributed by atoms with Gasteiger partial charge in [0.2, 0.25) is 0 Å². The van der Waals surface area contributed by atoms with Gasteiger partial charge in [-0.2, -0.15) is 0 Å². The van der Waals surface area contributed by atoms with E-state index in [2.05, 4.69) is 20.8 Å². The molecule has 1 aromatic heterocycles. The molecule has 1 heterocycles. The van der Waals surface area contributed by atoms with Crippen molar-refractivity contribution in [1.29, 1.82) is 0 Å². The molecule has 1 atom stereocenters. The van der Waals surface area contributed by atoms with Gasteiger partial charge in [0.1, 0.15) is 6.04 Å². The third kappa shape index (κ3) is 3.76. The molecule has 0 radical (unpaired) electrons. The first kappa shape index (κ1) is 17.6. The summed E-state index contributed by atoms with van der Waals surface area (Å²) in [5.74, 6) is -0.321. The maximum atomic E-state index is 12.5. The molecule has 1 N–H and O–H groups in total. The van der Waals surface area contributed by atoms with Crippen LogP contribution in [-0.2, 0) is 16.1 Å². The standard InChI is InChI=1S/C16H21N5O3/c1-5-21-14(18-19-20-21)11-7-6-8-12(9-11)15(22)17-13(10(2)3)16(23)24-4/h6-10,13H,5H2,1-4H3,(H,17,22). The number of benzene rings is 1. The number of amides is 1. The number of hydrogen-bond acceptors (Lipinski definition) is 6. The van der Waals surface area contributed by atoms with Crippen molar-refractivity contribution >= 4 is 11.9 Å². The highest BCUT2D eigenvalue weighted by molar-refractivity contribution is 5.97. The molecule has 0 fully saturated rings. The van der Waals surface area contributed by atoms with Crippen LogP contribution >= 0.6 is 0 Å². The van der Waals surface area contributed by atoms with Crippen molar-refractivity contribution in [2.24, 2.45) is 5.92 Å². The average molecular weight is 331 g/mol. The zero-order valence-corrected chi connectivity index (χ0v) is 14.2. The van der Waals surface area contributed by atoms with Gasteiger partial charge < -0.3 is 10.1 Å². The number of aromatic nitrogens is 4. The van der Waals surface area contributed by atoms with Gasteiger partial charge in [-0.3, -0.25) is 4.79 Å². The Hall–Kier alpha value is -2.77. The Morgan fingerprint density at radius 3 is 2.71 bits per heavy atom. The maximum absolute atomic E-state index is 12.5. The fourth-order valence-electron chi connectivity index (χ4n) is 2.27. The first-order chi connectivity index (χ1) is 11.5. The summed E-state index contributed by atoms with van der Waals surface area (Å²) in [4.78, 5) is 24.3. The van der Waals surface area contributed by atoms with E-state index in [0.29, 0.717) is 17.9 Å². The normalized spacial score (nSPS) is 12.0. The van der Waals surface area contributed by atoms with Crippen LogP contribution in [0, 0.1) is 5.92 Å². The number of nitrogens with one attached hydrogen (secondary N) is 1. The van der Waals surface area contributed by atoms with Crippen molar-refractivity contribution in [1.82, 2.24) is 25.5 Å². The minimum Gasteiger partial charge on any atom is -0.467 e. The predicted octanol–water partition coefficient (Wildman–Crippen LogP) is 1.29. The molecule has 0 aliphatic rings. The summed E-state index contributed by atoms with van der Waals surface area (Å²) in [6.07, 6.45) is 0. The minimum atomic E-state index is -0.702. The van der Waals surface area contributed by atoms with Gasteiger partial charge in [0.05, 0.1) is 7.11 Å². The summed E-state index contributed by atoms with van der Waals surface area (Å²) >= 11 is 0. The average Bonchev–Trinajstić information content (AvgIpc) is 3.07. The Kier molecular flexibility index (Phi) is 5.62. The molecule has 0 aliphatic heterocycles. The smallest absolute Gasteiger partial charge is 0.328 e. The van der Waals surface area contributed by atoms with Crippen molar-refractivity contribution in [2.45, 2.75) is 33.4 Å². The van der Waals surface area contributed by atoms with Crippen molar-refractivity contribution in [3.63, 3.8) is 0 Å². The number of nitrogens with zero attached hydrogens (tertiary/aromatic N) is 4. The van der Waals surface area contributed by atoms with E-state index in [1.54, 1.807) is 22.9 Å². The Morgan fingerprint density at radius 2 is 2.08 bits per heavy atom. The summed E-state index contributed by atoms with van der Waals surface area (Å²) in [5, 5.41) is 14.2. The first-order valence-electron chi connectivity index (χ1n) is 7.73. The monoisotopic (exact) mass is 331 g/mol. The van der Waals surface area contributed by atoms with Crippen LogP contribution in [0.15, 0.2) is 24.3 Å². The summed E-state index contributed by atoms with van der Waals surface area (Å²) in [5.41, 5.74) is 1.15. The molecule has 0 aliphatic carbocycles. The third-order valence-electron chi connectivity index (χ3n) is 3.62. The highest BCUT2D eigenvalue weighted by atomic mass is 16.5. The SMILES string of the molecule is CCn1nnnc1-c1cccc(C(=O)NC(C(=O)OC)C(C)C)c1. The molecule has 128 valence electrons. The van der Waals surface area contributed by atoms with E-state index < -0.39 is 12.0 Å². The van der Waals surface area contributed by atoms with E-state index >= 15 is 0 Å². The highest BCUT2D eigenvalue weighted by Gasteiger charge is 2.25. The molecule has 1 aromatic carbocycles. The van der Waals surface area contributed by atoms with Crippen LogP contribution < -0.4 is 5.32 Å². The molecular formula is C16H21N5O3. The third-order valence-corrected chi connectivity index (χ3v) is 3.62. The van der Waals surface area contributed by atoms with E-state index in [9.17, 15) is 9.59 Å². The number of tetrazole rings is 1. The number of rotatable bonds is 6. The second-order valence-electron chi connectivity index (χ2n) is 5.62. The lowest BCUT2D eigenvalue weighted by atomic mass is 10.0. The van der Waals surface area contributed by atoms with Gasteiger partial charge in [-0.05, 0) is 35.4 Å². The largest absolute Gasteiger partial charge is 0.467 e. The van der Waals surface area contributed by atoms with E-state index in [1.165, 1.54) is 7.11 Å². The summed E-state index contributed by atoms with van der Waals surface area (Å²) in [6.45, 7) is 6.23. The van der Waals surface area contributed by atoms with Gasteiger partial charge in [0.15, 0.2) is 5.82 Å². The molecule has 1 amide bonds. The Balaban J connectivity index is 2.25. The molecule has 0 saturated heterocycles. The zero-order valence-electron chi connectivity index (χ0n) is 14.2. The number of ether oxygens (including phenoxy) is 1. The molecular weight excluding hydrogens is 310 g/mol. The van der Waals surface area contributed by atoms with E-state index in [0.717, 1.165) is 5.56 Å². The number of aryl methyl sites for hydroxylation is 1. The van der Waals surface area contributed by atoms with Gasteiger partial charge in [-0.15, -0.1) is 5.10 Å². The Morgan fingerprint density at radius 1 is 1.33 bits per heavy atom. The molecule has 24 heavy (non-hydrogen) atoms. The quantitative estimate of drug-likeness (QED) is 0.801. The molecule has 0 spiro atoms. The lowest BCUT2D eigenvalue weighted by Crippen LogP contribution is -2.45. The van der Waals surface area contributed by atoms with Crippen LogP contribution in [0.2, 0.25) is 0 Å². The lowest BCUT2D eigenvalue weighted by molar-refractivity contribution is -0.144. The molecule has 0 bridgehead atoms. The molecule has 0 saturated carbocycles. The van der Waals surface area contributed by atoms with E-state index in [-0.39, 0.29) is 11.8 Å². The van der Waals surface area contributed by atoms with Gasteiger partial charge in [-0.1, -0.05) is 26.0 Å². The Bertz CT molecular complexity index is 726. The Labute approximate surface area is 140 Å². The van der Waals surface area contributed by atoms with Crippen molar-refractivity contribution in [2.75, 3.05) is 7.11 Å². The van der Waals surface area contributed by atoms with Gasteiger partial charge in [0, 0.05) is 17.7 Å². The topological polar surface area (TPSA) is 99.0 Å². The zero-order chi connectivity index (χ0) is 17.7. The molecule has 2 aromatic rings. The van der Waals surface area contributed by atoms with Gasteiger partial charge in [-0.25, -0.2) is 9.48 Å². The van der Waals surface area contributed by atoms with Crippen LogP contribution in [0.1, 0.15) is 31.1 Å². The lowest BCUT2D eigenvalue weighted by Gasteiger charge is -2.19. The second kappa shape index (κ2) is 7.67. The first-order valence-corrected chi connectivity index (χ1v) is 7.73. The van der Waals surface area contributed by atoms with Crippen molar-refractivity contribution < 1.29 is 14.3 Å². The van der Waals surface area contributed by atoms with Crippen LogP contribution in [0.3, 0.4) is 0 Å². The maximum Gasteiger partial charge on any atom is 0.328 e. The van der Waals surface area contributed by atoms with Crippen LogP contribution in [0.4, 0.5) is 0 Å². The van der Waals surface area contributed by atoms with Crippen molar-refractivity contribution in [3.8, 4) is 11.4 Å². The summed E-state index contributed by atoms with van der Waals surface area (Å²) in [6, 6.07) is 6.25. The van der Waals surface area contributed by atoms with Crippen LogP contribution in [0.25, 0.3) is 11.4 Å². The fourth-order valence-corrected chi connectivity index (χ4v) is 2.27. The number of methoxy groups -OCH3 is 1. The molecule has 1 unspecified atom stereocenters. The molecule has 8 nitrogen and oxygen atoms in total. The molecule has 8 heteroatoms. The number of hydrogen-bond donors (Lipinski definition) is 1. The van der Waals surface area contributed by atoms with Gasteiger partial charge in [0.25, 0.3) is 5.91 Å². The van der Waals surface area contributed by atoms with E-state index in [4.69, 9.17) is 4.74 Å². The predicted molar refractivity (Wildman–Crippen MR) is 87.0 cm³/mol. The number of carbonyl (C=O) groups excluding carboxylic acids is 2. The van der Waals surface area contributed by atoms with E-state index in [1.807, 2.05) is 26.8 Å². The highest BCUT2D eigenvalue weighted by Crippen LogP contribution is 2.17. The summed E-state index contributed by atoms with van der Waals surface area (Å²) < 4.78 is 6.38. The van der Waals surface area contributed by atoms with Crippen molar-refractivity contribution in [3.05, 3.63) is 29.8 Å². The van der Waals surface area contributed by atoms with Crippen LogP contribution in [0.5, 0.6) is 0 Å². The van der Waals surface area contributed by atoms with Crippen LogP contribution in [-0.4, -0.2) is 45.2 Å². The summed E-state index contributed by atoms with van der Waals surface area (Å²) in [7, 11) is 1.30. The number of carbonyl (C=O) groups is 2. The minimum absolute atomic E-state index is 0.0861. The number of esters is 1. The molecule has 2 rings (SSSR count). The van der Waals surface area contributed by atoms with Gasteiger partial charge >= 0.3 is 5.97 Å². The second-order valence-corrected chi connectivity index (χ2v) is 5.62.